The molecule has 0 unspecified atom stereocenters. The Hall–Kier alpha value is -2.72. The predicted octanol–water partition coefficient (Wildman–Crippen LogP) is 5.74. The molecule has 0 saturated heterocycles. The SMILES string of the molecule is Cc1ccc(NC(=O)c2cccc(C(F)(F)F)c2)cc1NC(=O)c1cnc(Br)s1. The zero-order chi connectivity index (χ0) is 21.2. The first-order chi connectivity index (χ1) is 13.6. The van der Waals surface area contributed by atoms with E-state index in [2.05, 4.69) is 31.5 Å². The number of rotatable bonds is 4. The fourth-order valence-corrected chi connectivity index (χ4v) is 3.58. The second kappa shape index (κ2) is 8.34. The molecular weight excluding hydrogens is 471 g/mol. The number of halogens is 4. The van der Waals surface area contributed by atoms with Crippen LogP contribution in [0.5, 0.6) is 0 Å². The van der Waals surface area contributed by atoms with Crippen LogP contribution in [0.3, 0.4) is 0 Å². The van der Waals surface area contributed by atoms with Gasteiger partial charge in [-0.1, -0.05) is 12.1 Å². The van der Waals surface area contributed by atoms with E-state index in [0.29, 0.717) is 20.2 Å². The molecule has 1 aromatic heterocycles. The number of alkyl halides is 3. The molecule has 29 heavy (non-hydrogen) atoms. The van der Waals surface area contributed by atoms with Crippen molar-refractivity contribution < 1.29 is 22.8 Å². The van der Waals surface area contributed by atoms with E-state index < -0.39 is 17.6 Å². The van der Waals surface area contributed by atoms with E-state index in [1.165, 1.54) is 35.7 Å². The van der Waals surface area contributed by atoms with Gasteiger partial charge in [0, 0.05) is 16.9 Å². The summed E-state index contributed by atoms with van der Waals surface area (Å²) in [7, 11) is 0. The number of nitrogens with zero attached hydrogens (tertiary/aromatic N) is 1. The molecule has 0 bridgehead atoms. The number of thiazole rings is 1. The molecule has 0 aliphatic rings. The molecule has 0 aliphatic carbocycles. The molecule has 0 aliphatic heterocycles. The smallest absolute Gasteiger partial charge is 0.322 e. The number of anilines is 2. The standard InChI is InChI=1S/C19H13BrF3N3O2S/c1-10-5-6-13(8-14(10)26-17(28)15-9-24-18(20)29-15)25-16(27)11-3-2-4-12(7-11)19(21,22)23/h2-9H,1H3,(H,25,27)(H,26,28). The lowest BCUT2D eigenvalue weighted by molar-refractivity contribution is -0.137. The van der Waals surface area contributed by atoms with Crippen molar-refractivity contribution in [3.05, 3.63) is 74.1 Å². The zero-order valence-corrected chi connectivity index (χ0v) is 17.2. The minimum absolute atomic E-state index is 0.125. The third-order valence-electron chi connectivity index (χ3n) is 3.90. The van der Waals surface area contributed by atoms with E-state index in [1.807, 2.05) is 0 Å². The maximum atomic E-state index is 12.8. The van der Waals surface area contributed by atoms with Gasteiger partial charge in [0.05, 0.1) is 11.8 Å². The number of carbonyl (C=O) groups is 2. The summed E-state index contributed by atoms with van der Waals surface area (Å²) in [5.74, 6) is -1.05. The van der Waals surface area contributed by atoms with Gasteiger partial charge in [0.25, 0.3) is 11.8 Å². The Labute approximate surface area is 176 Å². The molecule has 0 fully saturated rings. The van der Waals surface area contributed by atoms with Crippen LogP contribution in [-0.2, 0) is 6.18 Å². The average Bonchev–Trinajstić information content (AvgIpc) is 3.10. The summed E-state index contributed by atoms with van der Waals surface area (Å²) in [4.78, 5) is 29.0. The van der Waals surface area contributed by atoms with Gasteiger partial charge in [0.1, 0.15) is 4.88 Å². The van der Waals surface area contributed by atoms with Crippen LogP contribution in [0.25, 0.3) is 0 Å². The van der Waals surface area contributed by atoms with Crippen LogP contribution in [-0.4, -0.2) is 16.8 Å². The summed E-state index contributed by atoms with van der Waals surface area (Å²) < 4.78 is 39.1. The Kier molecular flexibility index (Phi) is 6.04. The maximum Gasteiger partial charge on any atom is 0.416 e. The molecule has 150 valence electrons. The Bertz CT molecular complexity index is 1080. The van der Waals surface area contributed by atoms with E-state index in [-0.39, 0.29) is 11.5 Å². The van der Waals surface area contributed by atoms with Crippen molar-refractivity contribution in [1.82, 2.24) is 4.98 Å². The molecule has 0 atom stereocenters. The van der Waals surface area contributed by atoms with Gasteiger partial charge in [0.15, 0.2) is 3.92 Å². The van der Waals surface area contributed by atoms with Gasteiger partial charge in [-0.05, 0) is 58.7 Å². The van der Waals surface area contributed by atoms with Crippen molar-refractivity contribution in [3.8, 4) is 0 Å². The number of hydrogen-bond acceptors (Lipinski definition) is 4. The predicted molar refractivity (Wildman–Crippen MR) is 108 cm³/mol. The Balaban J connectivity index is 1.77. The fraction of sp³-hybridized carbons (Fsp3) is 0.105. The highest BCUT2D eigenvalue weighted by molar-refractivity contribution is 9.11. The Morgan fingerprint density at radius 3 is 2.48 bits per heavy atom. The number of aromatic nitrogens is 1. The van der Waals surface area contributed by atoms with Crippen molar-refractivity contribution in [1.29, 1.82) is 0 Å². The van der Waals surface area contributed by atoms with Crippen molar-refractivity contribution in [2.75, 3.05) is 10.6 Å². The number of amides is 2. The number of aryl methyl sites for hydroxylation is 1. The lowest BCUT2D eigenvalue weighted by atomic mass is 10.1. The van der Waals surface area contributed by atoms with Gasteiger partial charge < -0.3 is 10.6 Å². The first-order valence-electron chi connectivity index (χ1n) is 8.15. The lowest BCUT2D eigenvalue weighted by Gasteiger charge is -2.12. The Morgan fingerprint density at radius 1 is 1.07 bits per heavy atom. The summed E-state index contributed by atoms with van der Waals surface area (Å²) in [6.07, 6.45) is -3.11. The quantitative estimate of drug-likeness (QED) is 0.497. The summed E-state index contributed by atoms with van der Waals surface area (Å²) in [6, 6.07) is 8.96. The van der Waals surface area contributed by atoms with Crippen molar-refractivity contribution in [2.45, 2.75) is 13.1 Å². The van der Waals surface area contributed by atoms with Gasteiger partial charge in [-0.15, -0.1) is 11.3 Å². The third kappa shape index (κ3) is 5.21. The fourth-order valence-electron chi connectivity index (χ4n) is 2.42. The van der Waals surface area contributed by atoms with E-state index in [9.17, 15) is 22.8 Å². The first-order valence-corrected chi connectivity index (χ1v) is 9.76. The number of carbonyl (C=O) groups excluding carboxylic acids is 2. The van der Waals surface area contributed by atoms with Crippen molar-refractivity contribution in [3.63, 3.8) is 0 Å². The van der Waals surface area contributed by atoms with Crippen molar-refractivity contribution >= 4 is 50.5 Å². The normalized spacial score (nSPS) is 11.2. The minimum atomic E-state index is -4.54. The zero-order valence-electron chi connectivity index (χ0n) is 14.8. The largest absolute Gasteiger partial charge is 0.416 e. The molecular formula is C19H13BrF3N3O2S. The molecule has 2 aromatic carbocycles. The molecule has 0 spiro atoms. The number of benzene rings is 2. The highest BCUT2D eigenvalue weighted by Crippen LogP contribution is 2.30. The van der Waals surface area contributed by atoms with Gasteiger partial charge >= 0.3 is 6.18 Å². The molecule has 10 heteroatoms. The van der Waals surface area contributed by atoms with E-state index >= 15 is 0 Å². The number of nitrogens with one attached hydrogen (secondary N) is 2. The Morgan fingerprint density at radius 2 is 1.83 bits per heavy atom. The van der Waals surface area contributed by atoms with Crippen LogP contribution in [0.4, 0.5) is 24.5 Å². The highest BCUT2D eigenvalue weighted by Gasteiger charge is 2.30. The van der Waals surface area contributed by atoms with Crippen LogP contribution in [0, 0.1) is 6.92 Å². The lowest BCUT2D eigenvalue weighted by Crippen LogP contribution is -2.15. The molecule has 0 saturated carbocycles. The molecule has 2 amide bonds. The van der Waals surface area contributed by atoms with E-state index in [1.54, 1.807) is 19.1 Å². The van der Waals surface area contributed by atoms with Crippen LogP contribution >= 0.6 is 27.3 Å². The molecule has 5 nitrogen and oxygen atoms in total. The summed E-state index contributed by atoms with van der Waals surface area (Å²) in [5.41, 5.74) is 0.511. The summed E-state index contributed by atoms with van der Waals surface area (Å²) in [6.45, 7) is 1.77. The molecule has 0 radical (unpaired) electrons. The van der Waals surface area contributed by atoms with Crippen LogP contribution in [0.1, 0.15) is 31.2 Å². The molecule has 1 heterocycles. The molecule has 3 aromatic rings. The van der Waals surface area contributed by atoms with Gasteiger partial charge in [-0.3, -0.25) is 9.59 Å². The number of hydrogen-bond donors (Lipinski definition) is 2. The van der Waals surface area contributed by atoms with Crippen LogP contribution in [0.2, 0.25) is 0 Å². The second-order valence-corrected chi connectivity index (χ2v) is 8.30. The van der Waals surface area contributed by atoms with Gasteiger partial charge in [-0.2, -0.15) is 13.2 Å². The van der Waals surface area contributed by atoms with Crippen LogP contribution in [0.15, 0.2) is 52.6 Å². The second-order valence-electron chi connectivity index (χ2n) is 5.99. The van der Waals surface area contributed by atoms with Gasteiger partial charge in [0.2, 0.25) is 0 Å². The topological polar surface area (TPSA) is 71.1 Å². The first kappa shape index (κ1) is 21.0. The summed E-state index contributed by atoms with van der Waals surface area (Å²) >= 11 is 4.36. The average molecular weight is 484 g/mol. The van der Waals surface area contributed by atoms with Crippen molar-refractivity contribution in [2.24, 2.45) is 0 Å². The molecule has 3 rings (SSSR count). The van der Waals surface area contributed by atoms with E-state index in [0.717, 1.165) is 17.7 Å². The highest BCUT2D eigenvalue weighted by atomic mass is 79.9. The van der Waals surface area contributed by atoms with Gasteiger partial charge in [-0.25, -0.2) is 4.98 Å². The molecule has 2 N–H and O–H groups in total. The van der Waals surface area contributed by atoms with E-state index in [4.69, 9.17) is 0 Å². The maximum absolute atomic E-state index is 12.8. The monoisotopic (exact) mass is 483 g/mol. The minimum Gasteiger partial charge on any atom is -0.322 e. The van der Waals surface area contributed by atoms with Crippen LogP contribution < -0.4 is 10.6 Å². The summed E-state index contributed by atoms with van der Waals surface area (Å²) in [5, 5.41) is 5.28. The third-order valence-corrected chi connectivity index (χ3v) is 5.37.